The molecule has 0 spiro atoms. The lowest BCUT2D eigenvalue weighted by Crippen LogP contribution is -2.02. The van der Waals surface area contributed by atoms with Crippen LogP contribution < -0.4 is 0 Å². The van der Waals surface area contributed by atoms with Crippen LogP contribution in [0.4, 0.5) is 0 Å². The van der Waals surface area contributed by atoms with Gasteiger partial charge in [-0.1, -0.05) is 23.7 Å². The fourth-order valence-electron chi connectivity index (χ4n) is 1.62. The molecule has 0 saturated carbocycles. The molecule has 0 amide bonds. The monoisotopic (exact) mass is 231 g/mol. The Hall–Kier alpha value is -1.67. The van der Waals surface area contributed by atoms with E-state index in [-0.39, 0.29) is 5.92 Å². The molecule has 2 aromatic rings. The maximum atomic E-state index is 11.2. The van der Waals surface area contributed by atoms with Gasteiger partial charge >= 0.3 is 0 Å². The third-order valence-corrected chi connectivity index (χ3v) is 2.64. The van der Waals surface area contributed by atoms with Crippen LogP contribution in [0.1, 0.15) is 17.0 Å². The number of hydrogen-bond acceptors (Lipinski definition) is 2. The standard InChI is InChI=1S/C13H10ClNO/c14-12-3-1-2-11(8-12)13(9-16)10-4-6-15-7-5-10/h1-9,13H. The second kappa shape index (κ2) is 4.90. The third kappa shape index (κ3) is 2.28. The van der Waals surface area contributed by atoms with Crippen LogP contribution in [0.3, 0.4) is 0 Å². The molecule has 0 aliphatic rings. The van der Waals surface area contributed by atoms with Crippen LogP contribution in [-0.4, -0.2) is 11.3 Å². The van der Waals surface area contributed by atoms with Crippen LogP contribution >= 0.6 is 11.6 Å². The van der Waals surface area contributed by atoms with E-state index in [1.807, 2.05) is 24.3 Å². The van der Waals surface area contributed by atoms with Crippen LogP contribution in [0.5, 0.6) is 0 Å². The normalized spacial score (nSPS) is 12.1. The molecular weight excluding hydrogens is 222 g/mol. The van der Waals surface area contributed by atoms with E-state index in [0.717, 1.165) is 17.4 Å². The summed E-state index contributed by atoms with van der Waals surface area (Å²) in [5.74, 6) is -0.276. The number of rotatable bonds is 3. The van der Waals surface area contributed by atoms with Gasteiger partial charge in [0, 0.05) is 17.4 Å². The number of nitrogens with zero attached hydrogens (tertiary/aromatic N) is 1. The summed E-state index contributed by atoms with van der Waals surface area (Å²) in [4.78, 5) is 15.1. The van der Waals surface area contributed by atoms with Crippen molar-refractivity contribution in [2.45, 2.75) is 5.92 Å². The minimum Gasteiger partial charge on any atom is -0.302 e. The van der Waals surface area contributed by atoms with Crippen molar-refractivity contribution in [3.63, 3.8) is 0 Å². The first-order valence-corrected chi connectivity index (χ1v) is 5.30. The van der Waals surface area contributed by atoms with Gasteiger partial charge in [-0.2, -0.15) is 0 Å². The molecular formula is C13H10ClNO. The summed E-state index contributed by atoms with van der Waals surface area (Å²) < 4.78 is 0. The Bertz CT molecular complexity index is 484. The zero-order valence-electron chi connectivity index (χ0n) is 8.51. The maximum absolute atomic E-state index is 11.2. The lowest BCUT2D eigenvalue weighted by molar-refractivity contribution is -0.108. The van der Waals surface area contributed by atoms with Crippen LogP contribution in [-0.2, 0) is 4.79 Å². The first kappa shape index (κ1) is 10.8. The molecule has 1 heterocycles. The second-order valence-corrected chi connectivity index (χ2v) is 3.89. The molecule has 0 saturated heterocycles. The highest BCUT2D eigenvalue weighted by atomic mass is 35.5. The Morgan fingerprint density at radius 1 is 1.12 bits per heavy atom. The van der Waals surface area contributed by atoms with Crippen molar-refractivity contribution >= 4 is 17.9 Å². The molecule has 16 heavy (non-hydrogen) atoms. The van der Waals surface area contributed by atoms with Gasteiger partial charge in [0.1, 0.15) is 6.29 Å². The average Bonchev–Trinajstić information content (AvgIpc) is 2.31. The summed E-state index contributed by atoms with van der Waals surface area (Å²) in [6.07, 6.45) is 4.27. The summed E-state index contributed by atoms with van der Waals surface area (Å²) in [5.41, 5.74) is 1.82. The minimum atomic E-state index is -0.276. The number of carbonyl (C=O) groups is 1. The van der Waals surface area contributed by atoms with E-state index in [0.29, 0.717) is 5.02 Å². The molecule has 0 bridgehead atoms. The van der Waals surface area contributed by atoms with Gasteiger partial charge < -0.3 is 4.79 Å². The number of carbonyl (C=O) groups excluding carboxylic acids is 1. The van der Waals surface area contributed by atoms with Gasteiger partial charge in [-0.15, -0.1) is 0 Å². The van der Waals surface area contributed by atoms with E-state index in [1.54, 1.807) is 24.5 Å². The van der Waals surface area contributed by atoms with Crippen molar-refractivity contribution in [2.75, 3.05) is 0 Å². The van der Waals surface area contributed by atoms with E-state index in [9.17, 15) is 4.79 Å². The largest absolute Gasteiger partial charge is 0.302 e. The molecule has 1 aromatic carbocycles. The van der Waals surface area contributed by atoms with Crippen molar-refractivity contribution in [2.24, 2.45) is 0 Å². The minimum absolute atomic E-state index is 0.276. The summed E-state index contributed by atoms with van der Waals surface area (Å²) in [5, 5.41) is 0.637. The maximum Gasteiger partial charge on any atom is 0.131 e. The van der Waals surface area contributed by atoms with E-state index in [1.165, 1.54) is 0 Å². The van der Waals surface area contributed by atoms with Gasteiger partial charge in [-0.3, -0.25) is 4.98 Å². The van der Waals surface area contributed by atoms with E-state index in [4.69, 9.17) is 11.6 Å². The molecule has 0 aliphatic carbocycles. The molecule has 2 rings (SSSR count). The van der Waals surface area contributed by atoms with Crippen LogP contribution in [0.15, 0.2) is 48.8 Å². The van der Waals surface area contributed by atoms with E-state index in [2.05, 4.69) is 4.98 Å². The van der Waals surface area contributed by atoms with Crippen LogP contribution in [0, 0.1) is 0 Å². The smallest absolute Gasteiger partial charge is 0.131 e. The first-order chi connectivity index (χ1) is 7.81. The van der Waals surface area contributed by atoms with Crippen molar-refractivity contribution < 1.29 is 4.79 Å². The highest BCUT2D eigenvalue weighted by Gasteiger charge is 2.12. The molecule has 2 nitrogen and oxygen atoms in total. The SMILES string of the molecule is O=CC(c1ccncc1)c1cccc(Cl)c1. The molecule has 0 fully saturated rings. The van der Waals surface area contributed by atoms with Crippen molar-refractivity contribution in [3.8, 4) is 0 Å². The number of hydrogen-bond donors (Lipinski definition) is 0. The van der Waals surface area contributed by atoms with Crippen molar-refractivity contribution in [3.05, 3.63) is 64.9 Å². The average molecular weight is 232 g/mol. The fraction of sp³-hybridized carbons (Fsp3) is 0.0769. The predicted octanol–water partition coefficient (Wildman–Crippen LogP) is 3.07. The Labute approximate surface area is 98.9 Å². The molecule has 0 radical (unpaired) electrons. The number of aldehydes is 1. The Morgan fingerprint density at radius 2 is 1.88 bits per heavy atom. The van der Waals surface area contributed by atoms with Gasteiger partial charge in [-0.05, 0) is 35.4 Å². The number of benzene rings is 1. The van der Waals surface area contributed by atoms with Crippen LogP contribution in [0.25, 0.3) is 0 Å². The molecule has 1 aromatic heterocycles. The van der Waals surface area contributed by atoms with Crippen molar-refractivity contribution in [1.82, 2.24) is 4.98 Å². The van der Waals surface area contributed by atoms with E-state index >= 15 is 0 Å². The molecule has 0 N–H and O–H groups in total. The van der Waals surface area contributed by atoms with Gasteiger partial charge in [-0.25, -0.2) is 0 Å². The third-order valence-electron chi connectivity index (χ3n) is 2.41. The molecule has 1 atom stereocenters. The fourth-order valence-corrected chi connectivity index (χ4v) is 1.82. The molecule has 0 aliphatic heterocycles. The summed E-state index contributed by atoms with van der Waals surface area (Å²) in [6.45, 7) is 0. The zero-order valence-corrected chi connectivity index (χ0v) is 9.26. The summed E-state index contributed by atoms with van der Waals surface area (Å²) >= 11 is 5.91. The molecule has 1 unspecified atom stereocenters. The lowest BCUT2D eigenvalue weighted by atomic mass is 9.93. The summed E-state index contributed by atoms with van der Waals surface area (Å²) in [7, 11) is 0. The lowest BCUT2D eigenvalue weighted by Gasteiger charge is -2.10. The topological polar surface area (TPSA) is 30.0 Å². The Balaban J connectivity index is 2.41. The van der Waals surface area contributed by atoms with E-state index < -0.39 is 0 Å². The van der Waals surface area contributed by atoms with Gasteiger partial charge in [0.15, 0.2) is 0 Å². The first-order valence-electron chi connectivity index (χ1n) is 4.92. The number of pyridine rings is 1. The van der Waals surface area contributed by atoms with Crippen LogP contribution in [0.2, 0.25) is 5.02 Å². The number of aromatic nitrogens is 1. The van der Waals surface area contributed by atoms with Gasteiger partial charge in [0.2, 0.25) is 0 Å². The Morgan fingerprint density at radius 3 is 2.50 bits per heavy atom. The second-order valence-electron chi connectivity index (χ2n) is 3.45. The Kier molecular flexibility index (Phi) is 3.32. The van der Waals surface area contributed by atoms with Crippen molar-refractivity contribution in [1.29, 1.82) is 0 Å². The highest BCUT2D eigenvalue weighted by Crippen LogP contribution is 2.24. The zero-order chi connectivity index (χ0) is 11.4. The summed E-state index contributed by atoms with van der Waals surface area (Å²) in [6, 6.07) is 11.0. The van der Waals surface area contributed by atoms with Gasteiger partial charge in [0.25, 0.3) is 0 Å². The highest BCUT2D eigenvalue weighted by molar-refractivity contribution is 6.30. The molecule has 80 valence electrons. The van der Waals surface area contributed by atoms with Gasteiger partial charge in [0.05, 0.1) is 5.92 Å². The number of halogens is 1. The quantitative estimate of drug-likeness (QED) is 0.760. The predicted molar refractivity (Wildman–Crippen MR) is 63.6 cm³/mol. The molecule has 3 heteroatoms.